The van der Waals surface area contributed by atoms with Gasteiger partial charge < -0.3 is 0 Å². The third kappa shape index (κ3) is 1.36. The Morgan fingerprint density at radius 1 is 1.07 bits per heavy atom. The molecule has 4 heteroatoms. The summed E-state index contributed by atoms with van der Waals surface area (Å²) in [6, 6.07) is 6.34. The number of aromatic nitrogens is 1. The third-order valence-electron chi connectivity index (χ3n) is 2.19. The summed E-state index contributed by atoms with van der Waals surface area (Å²) in [5.41, 5.74) is 0.410. The number of rotatable bonds is 2. The summed E-state index contributed by atoms with van der Waals surface area (Å²) in [4.78, 5) is 33.0. The zero-order valence-corrected chi connectivity index (χ0v) is 7.71. The standard InChI is InChI=1S/C11H7NO3/c13-6-8-5-9(7-14)11(15)12-4-2-1-3-10(8)12/h1-7H. The zero-order valence-electron chi connectivity index (χ0n) is 7.71. The van der Waals surface area contributed by atoms with Crippen molar-refractivity contribution in [3.8, 4) is 0 Å². The molecule has 0 amide bonds. The van der Waals surface area contributed by atoms with Crippen molar-refractivity contribution in [2.45, 2.75) is 0 Å². The molecule has 0 aliphatic rings. The minimum absolute atomic E-state index is 0.0131. The van der Waals surface area contributed by atoms with Crippen molar-refractivity contribution in [1.82, 2.24) is 4.40 Å². The summed E-state index contributed by atoms with van der Waals surface area (Å²) < 4.78 is 1.29. The van der Waals surface area contributed by atoms with E-state index in [1.807, 2.05) is 0 Å². The highest BCUT2D eigenvalue weighted by Gasteiger charge is 2.06. The van der Waals surface area contributed by atoms with Gasteiger partial charge in [0.2, 0.25) is 0 Å². The molecular weight excluding hydrogens is 194 g/mol. The Labute approximate surface area is 84.8 Å². The van der Waals surface area contributed by atoms with Gasteiger partial charge in [-0.3, -0.25) is 18.8 Å². The van der Waals surface area contributed by atoms with Crippen LogP contribution in [-0.4, -0.2) is 17.0 Å². The van der Waals surface area contributed by atoms with Gasteiger partial charge in [-0.25, -0.2) is 0 Å². The predicted molar refractivity (Wildman–Crippen MR) is 54.4 cm³/mol. The van der Waals surface area contributed by atoms with Gasteiger partial charge in [0, 0.05) is 11.8 Å². The molecule has 0 radical (unpaired) electrons. The van der Waals surface area contributed by atoms with E-state index >= 15 is 0 Å². The Balaban J connectivity index is 3.03. The molecule has 0 atom stereocenters. The Hall–Kier alpha value is -2.23. The molecule has 0 bridgehead atoms. The molecule has 2 heterocycles. The van der Waals surface area contributed by atoms with Crippen LogP contribution in [0, 0.1) is 0 Å². The maximum atomic E-state index is 11.6. The van der Waals surface area contributed by atoms with Crippen LogP contribution < -0.4 is 5.56 Å². The van der Waals surface area contributed by atoms with E-state index in [-0.39, 0.29) is 5.56 Å². The first-order chi connectivity index (χ1) is 7.27. The molecule has 15 heavy (non-hydrogen) atoms. The summed E-state index contributed by atoms with van der Waals surface area (Å²) >= 11 is 0. The number of aldehydes is 2. The quantitative estimate of drug-likeness (QED) is 0.679. The highest BCUT2D eigenvalue weighted by Crippen LogP contribution is 2.07. The first-order valence-electron chi connectivity index (χ1n) is 4.32. The zero-order chi connectivity index (χ0) is 10.8. The lowest BCUT2D eigenvalue weighted by Crippen LogP contribution is -2.18. The third-order valence-corrected chi connectivity index (χ3v) is 2.19. The molecule has 0 N–H and O–H groups in total. The largest absolute Gasteiger partial charge is 0.298 e. The minimum Gasteiger partial charge on any atom is -0.298 e. The van der Waals surface area contributed by atoms with E-state index in [4.69, 9.17) is 0 Å². The Morgan fingerprint density at radius 2 is 1.80 bits per heavy atom. The molecular formula is C11H7NO3. The van der Waals surface area contributed by atoms with E-state index in [1.165, 1.54) is 16.7 Å². The number of hydrogen-bond donors (Lipinski definition) is 0. The van der Waals surface area contributed by atoms with Crippen molar-refractivity contribution >= 4 is 18.1 Å². The SMILES string of the molecule is O=Cc1cc(C=O)c2ccccn2c1=O. The van der Waals surface area contributed by atoms with Crippen LogP contribution in [0.4, 0.5) is 0 Å². The van der Waals surface area contributed by atoms with E-state index < -0.39 is 5.56 Å². The van der Waals surface area contributed by atoms with Gasteiger partial charge >= 0.3 is 0 Å². The van der Waals surface area contributed by atoms with Crippen LogP contribution in [-0.2, 0) is 0 Å². The van der Waals surface area contributed by atoms with Crippen molar-refractivity contribution in [2.24, 2.45) is 0 Å². The van der Waals surface area contributed by atoms with Gasteiger partial charge in [-0.1, -0.05) is 6.07 Å². The molecule has 2 aromatic rings. The van der Waals surface area contributed by atoms with E-state index in [0.717, 1.165) is 0 Å². The van der Waals surface area contributed by atoms with Gasteiger partial charge in [0.15, 0.2) is 12.6 Å². The maximum absolute atomic E-state index is 11.6. The number of pyridine rings is 2. The van der Waals surface area contributed by atoms with Gasteiger partial charge in [0.25, 0.3) is 5.56 Å². The van der Waals surface area contributed by atoms with Crippen molar-refractivity contribution in [2.75, 3.05) is 0 Å². The number of fused-ring (bicyclic) bond motifs is 1. The van der Waals surface area contributed by atoms with Crippen LogP contribution >= 0.6 is 0 Å². The van der Waals surface area contributed by atoms with Crippen LogP contribution in [0.3, 0.4) is 0 Å². The molecule has 0 aliphatic carbocycles. The smallest absolute Gasteiger partial charge is 0.265 e. The number of carbonyl (C=O) groups excluding carboxylic acids is 2. The minimum atomic E-state index is -0.411. The fraction of sp³-hybridized carbons (Fsp3) is 0. The summed E-state index contributed by atoms with van der Waals surface area (Å²) in [6.45, 7) is 0. The van der Waals surface area contributed by atoms with Gasteiger partial charge in [-0.15, -0.1) is 0 Å². The Bertz CT molecular complexity index is 598. The molecule has 0 spiro atoms. The fourth-order valence-electron chi connectivity index (χ4n) is 1.48. The normalized spacial score (nSPS) is 10.1. The van der Waals surface area contributed by atoms with Crippen LogP contribution in [0.5, 0.6) is 0 Å². The average Bonchev–Trinajstić information content (AvgIpc) is 2.30. The van der Waals surface area contributed by atoms with Crippen LogP contribution in [0.2, 0.25) is 0 Å². The molecule has 0 aliphatic heterocycles. The van der Waals surface area contributed by atoms with Gasteiger partial charge in [-0.05, 0) is 18.2 Å². The van der Waals surface area contributed by atoms with Crippen LogP contribution in [0.15, 0.2) is 35.3 Å². The topological polar surface area (TPSA) is 55.6 Å². The van der Waals surface area contributed by atoms with Crippen molar-refractivity contribution in [3.05, 3.63) is 51.9 Å². The molecule has 0 saturated carbocycles. The lowest BCUT2D eigenvalue weighted by atomic mass is 10.1. The van der Waals surface area contributed by atoms with E-state index in [0.29, 0.717) is 23.7 Å². The van der Waals surface area contributed by atoms with E-state index in [9.17, 15) is 14.4 Å². The first-order valence-corrected chi connectivity index (χ1v) is 4.32. The van der Waals surface area contributed by atoms with Crippen molar-refractivity contribution < 1.29 is 9.59 Å². The lowest BCUT2D eigenvalue weighted by molar-refractivity contribution is 0.112. The second kappa shape index (κ2) is 3.49. The second-order valence-corrected chi connectivity index (χ2v) is 3.05. The number of carbonyl (C=O) groups is 2. The fourth-order valence-corrected chi connectivity index (χ4v) is 1.48. The highest BCUT2D eigenvalue weighted by molar-refractivity contribution is 5.89. The average molecular weight is 201 g/mol. The molecule has 2 rings (SSSR count). The lowest BCUT2D eigenvalue weighted by Gasteiger charge is -2.03. The molecule has 74 valence electrons. The first kappa shape index (κ1) is 9.33. The molecule has 2 aromatic heterocycles. The Kier molecular flexibility index (Phi) is 2.17. The molecule has 0 aromatic carbocycles. The molecule has 0 fully saturated rings. The maximum Gasteiger partial charge on any atom is 0.265 e. The van der Waals surface area contributed by atoms with Crippen LogP contribution in [0.1, 0.15) is 20.7 Å². The monoisotopic (exact) mass is 201 g/mol. The number of nitrogens with zero attached hydrogens (tertiary/aromatic N) is 1. The van der Waals surface area contributed by atoms with Crippen LogP contribution in [0.25, 0.3) is 5.52 Å². The van der Waals surface area contributed by atoms with Crippen molar-refractivity contribution in [1.29, 1.82) is 0 Å². The second-order valence-electron chi connectivity index (χ2n) is 3.05. The summed E-state index contributed by atoms with van der Waals surface area (Å²) in [5, 5.41) is 0. The molecule has 4 nitrogen and oxygen atoms in total. The van der Waals surface area contributed by atoms with Gasteiger partial charge in [0.05, 0.1) is 11.1 Å². The summed E-state index contributed by atoms with van der Waals surface area (Å²) in [6.07, 6.45) is 2.61. The summed E-state index contributed by atoms with van der Waals surface area (Å²) in [5.74, 6) is 0. The number of hydrogen-bond acceptors (Lipinski definition) is 3. The Morgan fingerprint density at radius 3 is 2.47 bits per heavy atom. The van der Waals surface area contributed by atoms with E-state index in [1.54, 1.807) is 18.2 Å². The molecule has 0 saturated heterocycles. The molecule has 0 unspecified atom stereocenters. The van der Waals surface area contributed by atoms with Gasteiger partial charge in [-0.2, -0.15) is 0 Å². The van der Waals surface area contributed by atoms with Gasteiger partial charge in [0.1, 0.15) is 0 Å². The predicted octanol–water partition coefficient (Wildman–Crippen LogP) is 0.924. The highest BCUT2D eigenvalue weighted by atomic mass is 16.1. The van der Waals surface area contributed by atoms with E-state index in [2.05, 4.69) is 0 Å². The van der Waals surface area contributed by atoms with Crippen molar-refractivity contribution in [3.63, 3.8) is 0 Å². The summed E-state index contributed by atoms with van der Waals surface area (Å²) in [7, 11) is 0.